The van der Waals surface area contributed by atoms with E-state index < -0.39 is 0 Å². The van der Waals surface area contributed by atoms with Gasteiger partial charge in [0.15, 0.2) is 5.11 Å². The summed E-state index contributed by atoms with van der Waals surface area (Å²) in [4.78, 5) is 18.3. The zero-order chi connectivity index (χ0) is 17.8. The van der Waals surface area contributed by atoms with E-state index in [0.29, 0.717) is 17.4 Å². The van der Waals surface area contributed by atoms with Crippen LogP contribution in [0.25, 0.3) is 6.08 Å². The molecule has 130 valence electrons. The summed E-state index contributed by atoms with van der Waals surface area (Å²) in [5.74, 6) is 0.926. The third-order valence-corrected chi connectivity index (χ3v) is 4.29. The highest BCUT2D eigenvalue weighted by Gasteiger charge is 2.31. The summed E-state index contributed by atoms with van der Waals surface area (Å²) in [6.07, 6.45) is 7.23. The van der Waals surface area contributed by atoms with E-state index in [1.807, 2.05) is 35.0 Å². The molecule has 25 heavy (non-hydrogen) atoms. The minimum Gasteiger partial charge on any atom is -0.497 e. The largest absolute Gasteiger partial charge is 0.497 e. The van der Waals surface area contributed by atoms with Crippen LogP contribution in [0.15, 0.2) is 48.7 Å². The molecule has 3 rings (SSSR count). The summed E-state index contributed by atoms with van der Waals surface area (Å²) in [5, 5.41) is 3.46. The highest BCUT2D eigenvalue weighted by molar-refractivity contribution is 7.80. The van der Waals surface area contributed by atoms with Crippen molar-refractivity contribution in [2.45, 2.75) is 13.5 Å². The lowest BCUT2D eigenvalue weighted by molar-refractivity contribution is -0.122. The second-order valence-corrected chi connectivity index (χ2v) is 6.43. The molecule has 1 aliphatic heterocycles. The molecule has 1 saturated heterocycles. The fraction of sp³-hybridized carbons (Fsp3) is 0.278. The number of imidazole rings is 1. The minimum atomic E-state index is -0.0988. The molecule has 1 aromatic carbocycles. The summed E-state index contributed by atoms with van der Waals surface area (Å²) in [5.41, 5.74) is 1.40. The van der Waals surface area contributed by atoms with E-state index in [-0.39, 0.29) is 11.8 Å². The second kappa shape index (κ2) is 7.48. The van der Waals surface area contributed by atoms with Crippen LogP contribution in [0.3, 0.4) is 0 Å². The third kappa shape index (κ3) is 4.06. The number of carbonyl (C=O) groups is 1. The molecule has 1 aromatic heterocycles. The maximum absolute atomic E-state index is 12.6. The van der Waals surface area contributed by atoms with Crippen molar-refractivity contribution in [3.63, 3.8) is 0 Å². The molecule has 6 nitrogen and oxygen atoms in total. The van der Waals surface area contributed by atoms with Gasteiger partial charge in [0.05, 0.1) is 13.4 Å². The Hall–Kier alpha value is -2.67. The number of nitrogens with zero attached hydrogens (tertiary/aromatic N) is 3. The predicted molar refractivity (Wildman–Crippen MR) is 99.8 cm³/mol. The molecule has 2 heterocycles. The molecule has 0 unspecified atom stereocenters. The fourth-order valence-electron chi connectivity index (χ4n) is 2.73. The number of hydrogen-bond donors (Lipinski definition) is 1. The van der Waals surface area contributed by atoms with Gasteiger partial charge in [-0.1, -0.05) is 19.1 Å². The highest BCUT2D eigenvalue weighted by Crippen LogP contribution is 2.18. The van der Waals surface area contributed by atoms with Gasteiger partial charge >= 0.3 is 0 Å². The van der Waals surface area contributed by atoms with Gasteiger partial charge < -0.3 is 14.6 Å². The standard InChI is InChI=1S/C18H20N4O2S/c1-13(10-21-8-7-19-12-21)11-22-17(23)16(20-18(22)25)9-14-3-5-15(24-2)6-4-14/h3-9,12-13H,10-11H2,1-2H3,(H,20,25)/b16-9-/t13-/m0/s1. The lowest BCUT2D eigenvalue weighted by Gasteiger charge is -2.19. The lowest BCUT2D eigenvalue weighted by Crippen LogP contribution is -2.35. The Morgan fingerprint density at radius 1 is 1.32 bits per heavy atom. The third-order valence-electron chi connectivity index (χ3n) is 3.97. The van der Waals surface area contributed by atoms with E-state index in [1.54, 1.807) is 30.6 Å². The molecule has 1 amide bonds. The van der Waals surface area contributed by atoms with Crippen molar-refractivity contribution in [1.29, 1.82) is 0 Å². The van der Waals surface area contributed by atoms with Gasteiger partial charge in [0, 0.05) is 25.5 Å². The number of benzene rings is 1. The number of hydrogen-bond acceptors (Lipinski definition) is 4. The van der Waals surface area contributed by atoms with Crippen LogP contribution in [0.2, 0.25) is 0 Å². The van der Waals surface area contributed by atoms with Gasteiger partial charge in [0.25, 0.3) is 5.91 Å². The fourth-order valence-corrected chi connectivity index (χ4v) is 3.00. The van der Waals surface area contributed by atoms with Gasteiger partial charge in [-0.25, -0.2) is 4.98 Å². The molecule has 1 N–H and O–H groups in total. The van der Waals surface area contributed by atoms with Crippen LogP contribution in [0, 0.1) is 5.92 Å². The van der Waals surface area contributed by atoms with E-state index in [2.05, 4.69) is 17.2 Å². The quantitative estimate of drug-likeness (QED) is 0.636. The van der Waals surface area contributed by atoms with Crippen molar-refractivity contribution in [2.75, 3.05) is 13.7 Å². The number of carbonyl (C=O) groups excluding carboxylic acids is 1. The number of nitrogens with one attached hydrogen (secondary N) is 1. The van der Waals surface area contributed by atoms with E-state index in [9.17, 15) is 4.79 Å². The molecule has 0 aliphatic carbocycles. The average molecular weight is 356 g/mol. The van der Waals surface area contributed by atoms with Crippen LogP contribution in [0.4, 0.5) is 0 Å². The maximum Gasteiger partial charge on any atom is 0.276 e. The van der Waals surface area contributed by atoms with Crippen molar-refractivity contribution in [2.24, 2.45) is 5.92 Å². The number of ether oxygens (including phenoxy) is 1. The molecule has 1 aliphatic rings. The predicted octanol–water partition coefficient (Wildman–Crippen LogP) is 2.29. The van der Waals surface area contributed by atoms with Crippen LogP contribution in [0.1, 0.15) is 12.5 Å². The van der Waals surface area contributed by atoms with Gasteiger partial charge in [-0.2, -0.15) is 0 Å². The van der Waals surface area contributed by atoms with Gasteiger partial charge in [-0.15, -0.1) is 0 Å². The van der Waals surface area contributed by atoms with Gasteiger partial charge in [-0.05, 0) is 41.9 Å². The lowest BCUT2D eigenvalue weighted by atomic mass is 10.1. The number of thiocarbonyl (C=S) groups is 1. The molecule has 0 radical (unpaired) electrons. The zero-order valence-corrected chi connectivity index (χ0v) is 15.0. The minimum absolute atomic E-state index is 0.0988. The smallest absolute Gasteiger partial charge is 0.276 e. The Balaban J connectivity index is 1.67. The van der Waals surface area contributed by atoms with Crippen LogP contribution >= 0.6 is 12.2 Å². The number of aromatic nitrogens is 2. The number of methoxy groups -OCH3 is 1. The van der Waals surface area contributed by atoms with Crippen molar-refractivity contribution >= 4 is 29.3 Å². The molecule has 1 atom stereocenters. The van der Waals surface area contributed by atoms with E-state index in [1.165, 1.54) is 0 Å². The van der Waals surface area contributed by atoms with Gasteiger partial charge in [-0.3, -0.25) is 9.69 Å². The molecule has 0 bridgehead atoms. The Labute approximate surface area is 152 Å². The van der Waals surface area contributed by atoms with Crippen molar-refractivity contribution in [3.05, 3.63) is 54.2 Å². The summed E-state index contributed by atoms with van der Waals surface area (Å²) in [7, 11) is 1.62. The van der Waals surface area contributed by atoms with Crippen molar-refractivity contribution < 1.29 is 9.53 Å². The van der Waals surface area contributed by atoms with Crippen LogP contribution in [0.5, 0.6) is 5.75 Å². The van der Waals surface area contributed by atoms with Gasteiger partial charge in [0.2, 0.25) is 0 Å². The summed E-state index contributed by atoms with van der Waals surface area (Å²) in [6.45, 7) is 3.42. The normalized spacial score (nSPS) is 17.0. The Bertz CT molecular complexity index is 784. The second-order valence-electron chi connectivity index (χ2n) is 6.04. The first kappa shape index (κ1) is 17.2. The topological polar surface area (TPSA) is 59.4 Å². The Morgan fingerprint density at radius 2 is 2.08 bits per heavy atom. The summed E-state index contributed by atoms with van der Waals surface area (Å²) in [6, 6.07) is 7.51. The zero-order valence-electron chi connectivity index (χ0n) is 14.2. The number of rotatable bonds is 6. The van der Waals surface area contributed by atoms with Gasteiger partial charge in [0.1, 0.15) is 11.4 Å². The van der Waals surface area contributed by atoms with Crippen molar-refractivity contribution in [3.8, 4) is 5.75 Å². The summed E-state index contributed by atoms with van der Waals surface area (Å²) >= 11 is 5.33. The molecule has 1 fully saturated rings. The molecule has 0 saturated carbocycles. The molecule has 2 aromatic rings. The monoisotopic (exact) mass is 356 g/mol. The summed E-state index contributed by atoms with van der Waals surface area (Å²) < 4.78 is 7.14. The Morgan fingerprint density at radius 3 is 2.72 bits per heavy atom. The average Bonchev–Trinajstić information content (AvgIpc) is 3.20. The van der Waals surface area contributed by atoms with E-state index in [0.717, 1.165) is 17.9 Å². The number of amides is 1. The van der Waals surface area contributed by atoms with Crippen LogP contribution < -0.4 is 10.1 Å². The van der Waals surface area contributed by atoms with Crippen LogP contribution in [-0.4, -0.2) is 39.1 Å². The molecule has 0 spiro atoms. The molecular weight excluding hydrogens is 336 g/mol. The van der Waals surface area contributed by atoms with Crippen LogP contribution in [-0.2, 0) is 11.3 Å². The van der Waals surface area contributed by atoms with E-state index >= 15 is 0 Å². The molecular formula is C18H20N4O2S. The molecule has 7 heteroatoms. The first-order valence-electron chi connectivity index (χ1n) is 8.01. The van der Waals surface area contributed by atoms with E-state index in [4.69, 9.17) is 17.0 Å². The van der Waals surface area contributed by atoms with Crippen molar-refractivity contribution in [1.82, 2.24) is 19.8 Å². The Kier molecular flexibility index (Phi) is 5.14. The first-order chi connectivity index (χ1) is 12.1. The maximum atomic E-state index is 12.6. The highest BCUT2D eigenvalue weighted by atomic mass is 32.1. The first-order valence-corrected chi connectivity index (χ1v) is 8.42. The SMILES string of the molecule is COc1ccc(/C=C2\NC(=S)N(C[C@@H](C)Cn3ccnc3)C2=O)cc1.